The predicted molar refractivity (Wildman–Crippen MR) is 138 cm³/mol. The largest absolute Gasteiger partial charge is 0.0958 e. The van der Waals surface area contributed by atoms with Crippen LogP contribution in [0.15, 0.2) is 47.6 Å². The van der Waals surface area contributed by atoms with Gasteiger partial charge in [0.2, 0.25) is 0 Å². The molecule has 0 aromatic carbocycles. The summed E-state index contributed by atoms with van der Waals surface area (Å²) in [7, 11) is 0. The molecule has 1 fully saturated rings. The van der Waals surface area contributed by atoms with E-state index >= 15 is 0 Å². The van der Waals surface area contributed by atoms with Gasteiger partial charge in [-0.05, 0) is 56.4 Å². The first-order valence-electron chi connectivity index (χ1n) is 12.7. The van der Waals surface area contributed by atoms with E-state index in [0.29, 0.717) is 5.92 Å². The third-order valence-electron chi connectivity index (χ3n) is 5.81. The summed E-state index contributed by atoms with van der Waals surface area (Å²) in [6.07, 6.45) is 21.7. The van der Waals surface area contributed by atoms with Gasteiger partial charge < -0.3 is 0 Å². The topological polar surface area (TPSA) is 0 Å². The van der Waals surface area contributed by atoms with Gasteiger partial charge in [0.1, 0.15) is 0 Å². The molecule has 0 aliphatic heterocycles. The lowest BCUT2D eigenvalue weighted by Crippen LogP contribution is -2.05. The lowest BCUT2D eigenvalue weighted by Gasteiger charge is -2.21. The third-order valence-corrected chi connectivity index (χ3v) is 5.81. The summed E-state index contributed by atoms with van der Waals surface area (Å²) in [5.41, 5.74) is 4.20. The van der Waals surface area contributed by atoms with Crippen LogP contribution in [0.1, 0.15) is 120 Å². The summed E-state index contributed by atoms with van der Waals surface area (Å²) in [6.45, 7) is 23.0. The molecule has 0 spiro atoms. The molecule has 2 rings (SSSR count). The monoisotopic (exact) mass is 402 g/mol. The Morgan fingerprint density at radius 1 is 1.14 bits per heavy atom. The Morgan fingerprint density at radius 2 is 1.72 bits per heavy atom. The van der Waals surface area contributed by atoms with Crippen molar-refractivity contribution in [3.05, 3.63) is 47.6 Å². The zero-order valence-electron chi connectivity index (χ0n) is 21.6. The van der Waals surface area contributed by atoms with Crippen LogP contribution in [-0.2, 0) is 0 Å². The van der Waals surface area contributed by atoms with E-state index in [-0.39, 0.29) is 0 Å². The van der Waals surface area contributed by atoms with Gasteiger partial charge in [-0.15, -0.1) is 0 Å². The van der Waals surface area contributed by atoms with Gasteiger partial charge in [0.25, 0.3) is 0 Å². The van der Waals surface area contributed by atoms with Crippen LogP contribution in [0.2, 0.25) is 0 Å². The van der Waals surface area contributed by atoms with E-state index in [1.54, 1.807) is 5.57 Å². The highest BCUT2D eigenvalue weighted by molar-refractivity contribution is 5.37. The zero-order valence-corrected chi connectivity index (χ0v) is 21.6. The fourth-order valence-electron chi connectivity index (χ4n) is 4.22. The lowest BCUT2D eigenvalue weighted by molar-refractivity contribution is 0.453. The van der Waals surface area contributed by atoms with Gasteiger partial charge in [-0.25, -0.2) is 0 Å². The highest BCUT2D eigenvalue weighted by Crippen LogP contribution is 2.30. The number of hydrogen-bond acceptors (Lipinski definition) is 0. The Morgan fingerprint density at radius 3 is 2.17 bits per heavy atom. The molecule has 2 aliphatic carbocycles. The van der Waals surface area contributed by atoms with E-state index in [1.807, 2.05) is 27.7 Å². The van der Waals surface area contributed by atoms with Gasteiger partial charge in [0.15, 0.2) is 0 Å². The predicted octanol–water partition coefficient (Wildman–Crippen LogP) is 10.5. The molecule has 0 aromatic heterocycles. The Balaban J connectivity index is 0. The highest BCUT2D eigenvalue weighted by Gasteiger charge is 2.14. The van der Waals surface area contributed by atoms with Crippen molar-refractivity contribution < 1.29 is 0 Å². The van der Waals surface area contributed by atoms with Crippen molar-refractivity contribution in [1.29, 1.82) is 0 Å². The maximum absolute atomic E-state index is 3.98. The van der Waals surface area contributed by atoms with Crippen molar-refractivity contribution in [3.63, 3.8) is 0 Å². The van der Waals surface area contributed by atoms with Gasteiger partial charge in [-0.3, -0.25) is 0 Å². The Bertz CT molecular complexity index is 468. The van der Waals surface area contributed by atoms with Gasteiger partial charge in [0.05, 0.1) is 0 Å². The Hall–Kier alpha value is -1.04. The fraction of sp³-hybridized carbons (Fsp3) is 0.724. The van der Waals surface area contributed by atoms with Crippen LogP contribution in [0.5, 0.6) is 0 Å². The molecule has 29 heavy (non-hydrogen) atoms. The second kappa shape index (κ2) is 20.2. The van der Waals surface area contributed by atoms with E-state index in [1.165, 1.54) is 68.9 Å². The minimum Gasteiger partial charge on any atom is -0.0958 e. The first kappa shape index (κ1) is 30.2. The van der Waals surface area contributed by atoms with Gasteiger partial charge in [-0.1, -0.05) is 129 Å². The SMILES string of the molecule is C/C=C\C(C)CCCC1CCCC1.C=C(C)C1=CC=C(CC)CC1C.CC.CC. The number of allylic oxidation sites excluding steroid dienone is 7. The normalized spacial score (nSPS) is 19.6. The molecule has 2 atom stereocenters. The quantitative estimate of drug-likeness (QED) is 0.371. The Labute approximate surface area is 185 Å². The maximum atomic E-state index is 3.98. The molecule has 0 N–H and O–H groups in total. The van der Waals surface area contributed by atoms with Crippen molar-refractivity contribution in [2.45, 2.75) is 120 Å². The van der Waals surface area contributed by atoms with E-state index in [2.05, 4.69) is 65.5 Å². The van der Waals surface area contributed by atoms with Crippen LogP contribution < -0.4 is 0 Å². The molecule has 1 saturated carbocycles. The molecule has 0 saturated heterocycles. The maximum Gasteiger partial charge on any atom is -0.0151 e. The molecule has 0 amide bonds. The molecular formula is C29H54. The van der Waals surface area contributed by atoms with E-state index in [4.69, 9.17) is 0 Å². The molecule has 0 nitrogen and oxygen atoms in total. The second-order valence-corrected chi connectivity index (χ2v) is 8.27. The summed E-state index contributed by atoms with van der Waals surface area (Å²) in [4.78, 5) is 0. The highest BCUT2D eigenvalue weighted by atomic mass is 14.2. The molecule has 0 heterocycles. The lowest BCUT2D eigenvalue weighted by atomic mass is 9.85. The summed E-state index contributed by atoms with van der Waals surface area (Å²) in [5, 5.41) is 0. The zero-order chi connectivity index (χ0) is 22.7. The first-order chi connectivity index (χ1) is 14.0. The second-order valence-electron chi connectivity index (χ2n) is 8.27. The molecular weight excluding hydrogens is 348 g/mol. The van der Waals surface area contributed by atoms with Crippen LogP contribution in [-0.4, -0.2) is 0 Å². The summed E-state index contributed by atoms with van der Waals surface area (Å²) in [5.74, 6) is 2.55. The Kier molecular flexibility index (Phi) is 21.0. The molecule has 0 bridgehead atoms. The van der Waals surface area contributed by atoms with Crippen LogP contribution in [0.3, 0.4) is 0 Å². The average Bonchev–Trinajstić information content (AvgIpc) is 3.25. The molecule has 0 radical (unpaired) electrons. The molecule has 2 aliphatic rings. The third kappa shape index (κ3) is 14.6. The molecule has 0 heteroatoms. The minimum absolute atomic E-state index is 0.669. The van der Waals surface area contributed by atoms with E-state index in [9.17, 15) is 0 Å². The van der Waals surface area contributed by atoms with Crippen molar-refractivity contribution in [2.24, 2.45) is 17.8 Å². The van der Waals surface area contributed by atoms with E-state index < -0.39 is 0 Å². The standard InChI is InChI=1S/C13H24.C12H18.2C2H6/c1-3-7-12(2)8-6-11-13-9-4-5-10-13;1-5-11-6-7-12(9(2)3)10(4)8-11;2*1-2/h3,7,12-13H,4-6,8-11H2,1-2H3;6-7,10H,2,5,8H2,1,3-4H3;2*1-2H3/b7-3-;;;. The first-order valence-corrected chi connectivity index (χ1v) is 12.7. The van der Waals surface area contributed by atoms with Crippen molar-refractivity contribution in [2.75, 3.05) is 0 Å². The smallest absolute Gasteiger partial charge is 0.0151 e. The number of hydrogen-bond donors (Lipinski definition) is 0. The summed E-state index contributed by atoms with van der Waals surface area (Å²) in [6, 6.07) is 0. The van der Waals surface area contributed by atoms with Gasteiger partial charge >= 0.3 is 0 Å². The molecule has 2 unspecified atom stereocenters. The van der Waals surface area contributed by atoms with Crippen LogP contribution in [0.4, 0.5) is 0 Å². The summed E-state index contributed by atoms with van der Waals surface area (Å²) >= 11 is 0. The van der Waals surface area contributed by atoms with Crippen LogP contribution in [0.25, 0.3) is 0 Å². The number of rotatable bonds is 7. The average molecular weight is 403 g/mol. The van der Waals surface area contributed by atoms with Crippen molar-refractivity contribution >= 4 is 0 Å². The van der Waals surface area contributed by atoms with Crippen LogP contribution >= 0.6 is 0 Å². The molecule has 0 aromatic rings. The van der Waals surface area contributed by atoms with E-state index in [0.717, 1.165) is 11.8 Å². The fourth-order valence-corrected chi connectivity index (χ4v) is 4.22. The van der Waals surface area contributed by atoms with Gasteiger partial charge in [-0.2, -0.15) is 0 Å². The van der Waals surface area contributed by atoms with Crippen LogP contribution in [0, 0.1) is 17.8 Å². The minimum atomic E-state index is 0.669. The van der Waals surface area contributed by atoms with Gasteiger partial charge in [0, 0.05) is 0 Å². The van der Waals surface area contributed by atoms with Crippen molar-refractivity contribution in [3.8, 4) is 0 Å². The summed E-state index contributed by atoms with van der Waals surface area (Å²) < 4.78 is 0. The molecule has 170 valence electrons. The van der Waals surface area contributed by atoms with Crippen molar-refractivity contribution in [1.82, 2.24) is 0 Å².